The van der Waals surface area contributed by atoms with Crippen LogP contribution in [0.25, 0.3) is 0 Å². The van der Waals surface area contributed by atoms with E-state index in [1.165, 1.54) is 12.1 Å². The zero-order chi connectivity index (χ0) is 12.1. The first-order chi connectivity index (χ1) is 7.54. The molecule has 0 saturated carbocycles. The molecule has 0 aliphatic heterocycles. The molecule has 0 radical (unpaired) electrons. The molecule has 5 heteroatoms. The van der Waals surface area contributed by atoms with Crippen molar-refractivity contribution in [3.8, 4) is 5.75 Å². The second-order valence-corrected chi connectivity index (χ2v) is 3.47. The zero-order valence-corrected chi connectivity index (χ0v) is 8.59. The Morgan fingerprint density at radius 3 is 2.69 bits per heavy atom. The number of nitrogens with two attached hydrogens (primary N) is 1. The molecule has 5 nitrogen and oxygen atoms in total. The lowest BCUT2D eigenvalue weighted by Gasteiger charge is -2.10. The van der Waals surface area contributed by atoms with E-state index in [0.29, 0.717) is 17.4 Å². The summed E-state index contributed by atoms with van der Waals surface area (Å²) in [7, 11) is 0. The van der Waals surface area contributed by atoms with E-state index in [-0.39, 0.29) is 18.6 Å². The molecule has 0 aromatic heterocycles. The van der Waals surface area contributed by atoms with E-state index in [1.807, 2.05) is 0 Å². The highest BCUT2D eigenvalue weighted by Gasteiger charge is 2.14. The van der Waals surface area contributed by atoms with Gasteiger partial charge in [0.05, 0.1) is 0 Å². The highest BCUT2D eigenvalue weighted by atomic mass is 16.4. The molecule has 1 atom stereocenters. The van der Waals surface area contributed by atoms with Gasteiger partial charge in [-0.05, 0) is 29.7 Å². The van der Waals surface area contributed by atoms with Crippen molar-refractivity contribution in [3.05, 3.63) is 29.3 Å². The van der Waals surface area contributed by atoms with Crippen molar-refractivity contribution < 1.29 is 19.8 Å². The van der Waals surface area contributed by atoms with Crippen LogP contribution in [0.1, 0.15) is 11.1 Å². The van der Waals surface area contributed by atoms with Crippen molar-refractivity contribution in [1.29, 1.82) is 0 Å². The lowest BCUT2D eigenvalue weighted by Crippen LogP contribution is -2.32. The average molecular weight is 223 g/mol. The van der Waals surface area contributed by atoms with E-state index < -0.39 is 12.0 Å². The Bertz CT molecular complexity index is 403. The summed E-state index contributed by atoms with van der Waals surface area (Å²) in [6.07, 6.45) is 0.972. The summed E-state index contributed by atoms with van der Waals surface area (Å²) in [6.45, 7) is 0. The van der Waals surface area contributed by atoms with Crippen LogP contribution in [-0.4, -0.2) is 28.5 Å². The fraction of sp³-hybridized carbons (Fsp3) is 0.273. The minimum Gasteiger partial charge on any atom is -0.508 e. The number of aromatic hydroxyl groups is 1. The van der Waals surface area contributed by atoms with E-state index in [4.69, 9.17) is 10.8 Å². The maximum atomic E-state index is 10.6. The summed E-state index contributed by atoms with van der Waals surface area (Å²) >= 11 is 0. The van der Waals surface area contributed by atoms with Crippen LogP contribution >= 0.6 is 0 Å². The molecule has 16 heavy (non-hydrogen) atoms. The Balaban J connectivity index is 2.93. The van der Waals surface area contributed by atoms with Crippen molar-refractivity contribution in [2.24, 2.45) is 5.73 Å². The summed E-state index contributed by atoms with van der Waals surface area (Å²) in [5, 5.41) is 17.9. The molecule has 1 rings (SSSR count). The molecule has 0 amide bonds. The number of carbonyl (C=O) groups excluding carboxylic acids is 1. The lowest BCUT2D eigenvalue weighted by molar-refractivity contribution is -0.138. The molecule has 0 saturated heterocycles. The van der Waals surface area contributed by atoms with Crippen LogP contribution in [0.3, 0.4) is 0 Å². The van der Waals surface area contributed by atoms with Gasteiger partial charge in [-0.3, -0.25) is 4.79 Å². The third kappa shape index (κ3) is 3.06. The Hall–Kier alpha value is -1.88. The van der Waals surface area contributed by atoms with Crippen LogP contribution in [-0.2, 0) is 22.4 Å². The lowest BCUT2D eigenvalue weighted by atomic mass is 9.98. The molecule has 0 unspecified atom stereocenters. The maximum Gasteiger partial charge on any atom is 0.320 e. The van der Waals surface area contributed by atoms with E-state index in [0.717, 1.165) is 0 Å². The number of aliphatic carboxylic acids is 1. The molecule has 0 aliphatic carbocycles. The highest BCUT2D eigenvalue weighted by Crippen LogP contribution is 2.18. The van der Waals surface area contributed by atoms with Gasteiger partial charge in [-0.1, -0.05) is 6.07 Å². The second kappa shape index (κ2) is 5.27. The van der Waals surface area contributed by atoms with Gasteiger partial charge >= 0.3 is 5.97 Å². The predicted octanol–water partition coefficient (Wildman–Crippen LogP) is 0.0880. The van der Waals surface area contributed by atoms with Crippen LogP contribution in [0.5, 0.6) is 5.75 Å². The Kier molecular flexibility index (Phi) is 4.02. The molecule has 0 fully saturated rings. The van der Waals surface area contributed by atoms with Crippen LogP contribution in [0.4, 0.5) is 0 Å². The van der Waals surface area contributed by atoms with Crippen LogP contribution in [0, 0.1) is 0 Å². The van der Waals surface area contributed by atoms with Gasteiger partial charge in [-0.2, -0.15) is 0 Å². The van der Waals surface area contributed by atoms with Crippen LogP contribution < -0.4 is 5.73 Å². The highest BCUT2D eigenvalue weighted by molar-refractivity contribution is 5.73. The molecule has 4 N–H and O–H groups in total. The summed E-state index contributed by atoms with van der Waals surface area (Å²) in [5.74, 6) is -1.05. The van der Waals surface area contributed by atoms with Crippen LogP contribution in [0.15, 0.2) is 18.2 Å². The maximum absolute atomic E-state index is 10.6. The molecule has 0 aliphatic rings. The van der Waals surface area contributed by atoms with Gasteiger partial charge in [0.15, 0.2) is 0 Å². The Labute approximate surface area is 92.5 Å². The third-order valence-electron chi connectivity index (χ3n) is 2.25. The number of aldehydes is 1. The standard InChI is InChI=1S/C11H13NO4/c12-10(11(15)16)6-7-1-2-9(14)5-8(7)3-4-13/h1-2,4-5,10,14H,3,6,12H2,(H,15,16)/t10-/m0/s1. The number of rotatable bonds is 5. The van der Waals surface area contributed by atoms with Crippen molar-refractivity contribution in [3.63, 3.8) is 0 Å². The predicted molar refractivity (Wildman–Crippen MR) is 57.2 cm³/mol. The third-order valence-corrected chi connectivity index (χ3v) is 2.25. The topological polar surface area (TPSA) is 101 Å². The summed E-state index contributed by atoms with van der Waals surface area (Å²) in [5.41, 5.74) is 6.67. The molecular weight excluding hydrogens is 210 g/mol. The van der Waals surface area contributed by atoms with Crippen molar-refractivity contribution >= 4 is 12.3 Å². The van der Waals surface area contributed by atoms with E-state index in [1.54, 1.807) is 6.07 Å². The monoisotopic (exact) mass is 223 g/mol. The number of carboxylic acid groups (broad SMARTS) is 1. The number of phenolic OH excluding ortho intramolecular Hbond substituents is 1. The van der Waals surface area contributed by atoms with Crippen LogP contribution in [0.2, 0.25) is 0 Å². The van der Waals surface area contributed by atoms with Gasteiger partial charge < -0.3 is 20.7 Å². The van der Waals surface area contributed by atoms with Gasteiger partial charge in [0.25, 0.3) is 0 Å². The zero-order valence-electron chi connectivity index (χ0n) is 8.59. The first-order valence-corrected chi connectivity index (χ1v) is 4.77. The van der Waals surface area contributed by atoms with E-state index >= 15 is 0 Å². The first-order valence-electron chi connectivity index (χ1n) is 4.77. The van der Waals surface area contributed by atoms with E-state index in [2.05, 4.69) is 0 Å². The molecular formula is C11H13NO4. The Morgan fingerprint density at radius 2 is 2.12 bits per heavy atom. The van der Waals surface area contributed by atoms with Crippen molar-refractivity contribution in [2.75, 3.05) is 0 Å². The van der Waals surface area contributed by atoms with E-state index in [9.17, 15) is 14.7 Å². The number of phenols is 1. The normalized spacial score (nSPS) is 12.1. The van der Waals surface area contributed by atoms with Gasteiger partial charge in [0.2, 0.25) is 0 Å². The molecule has 0 heterocycles. The minimum absolute atomic E-state index is 0.0458. The fourth-order valence-electron chi connectivity index (χ4n) is 1.42. The number of benzene rings is 1. The van der Waals surface area contributed by atoms with Gasteiger partial charge in [-0.25, -0.2) is 0 Å². The molecule has 86 valence electrons. The van der Waals surface area contributed by atoms with Crippen molar-refractivity contribution in [2.45, 2.75) is 18.9 Å². The largest absolute Gasteiger partial charge is 0.508 e. The smallest absolute Gasteiger partial charge is 0.320 e. The SMILES string of the molecule is N[C@@H](Cc1ccc(O)cc1CC=O)C(=O)O. The quantitative estimate of drug-likeness (QED) is 0.614. The first kappa shape index (κ1) is 12.2. The van der Waals surface area contributed by atoms with Crippen molar-refractivity contribution in [1.82, 2.24) is 0 Å². The number of hydrogen-bond acceptors (Lipinski definition) is 4. The van der Waals surface area contributed by atoms with Gasteiger partial charge in [-0.15, -0.1) is 0 Å². The molecule has 1 aromatic carbocycles. The summed E-state index contributed by atoms with van der Waals surface area (Å²) in [4.78, 5) is 21.0. The summed E-state index contributed by atoms with van der Waals surface area (Å²) in [6, 6.07) is 3.46. The number of carbonyl (C=O) groups is 2. The average Bonchev–Trinajstić information content (AvgIpc) is 2.22. The van der Waals surface area contributed by atoms with Gasteiger partial charge in [0, 0.05) is 6.42 Å². The molecule has 0 bridgehead atoms. The number of hydrogen-bond donors (Lipinski definition) is 3. The summed E-state index contributed by atoms with van der Waals surface area (Å²) < 4.78 is 0. The number of carboxylic acids is 1. The minimum atomic E-state index is -1.09. The fourth-order valence-corrected chi connectivity index (χ4v) is 1.42. The van der Waals surface area contributed by atoms with Gasteiger partial charge in [0.1, 0.15) is 18.1 Å². The second-order valence-electron chi connectivity index (χ2n) is 3.47. The Morgan fingerprint density at radius 1 is 1.44 bits per heavy atom. The molecule has 0 spiro atoms. The molecule has 1 aromatic rings.